The van der Waals surface area contributed by atoms with Crippen molar-refractivity contribution in [3.05, 3.63) is 79.9 Å². The molecular formula is C15H15N3O4. The molecule has 0 spiro atoms. The van der Waals surface area contributed by atoms with E-state index in [0.717, 1.165) is 0 Å². The minimum absolute atomic E-state index is 0.0527. The van der Waals surface area contributed by atoms with E-state index in [9.17, 15) is 20.2 Å². The van der Waals surface area contributed by atoms with Crippen molar-refractivity contribution in [1.29, 1.82) is 0 Å². The average molecular weight is 301 g/mol. The van der Waals surface area contributed by atoms with E-state index in [1.54, 1.807) is 43.4 Å². The molecule has 2 aromatic carbocycles. The summed E-state index contributed by atoms with van der Waals surface area (Å²) in [7, 11) is 1.77. The van der Waals surface area contributed by atoms with Crippen molar-refractivity contribution >= 4 is 11.4 Å². The quantitative estimate of drug-likeness (QED) is 0.604. The summed E-state index contributed by atoms with van der Waals surface area (Å²) < 4.78 is 0. The number of nitro groups is 2. The van der Waals surface area contributed by atoms with Crippen molar-refractivity contribution < 1.29 is 9.85 Å². The lowest BCUT2D eigenvalue weighted by Gasteiger charge is -2.16. The van der Waals surface area contributed by atoms with E-state index in [-0.39, 0.29) is 11.4 Å². The Balaban J connectivity index is 2.16. The van der Waals surface area contributed by atoms with E-state index >= 15 is 0 Å². The molecule has 2 aromatic rings. The minimum Gasteiger partial charge on any atom is -0.297 e. The Hall–Kier alpha value is -2.80. The molecule has 0 amide bonds. The second-order valence-corrected chi connectivity index (χ2v) is 4.94. The Morgan fingerprint density at radius 2 is 1.18 bits per heavy atom. The largest absolute Gasteiger partial charge is 0.297 e. The van der Waals surface area contributed by atoms with E-state index in [2.05, 4.69) is 0 Å². The monoisotopic (exact) mass is 301 g/mol. The lowest BCUT2D eigenvalue weighted by molar-refractivity contribution is -0.386. The maximum absolute atomic E-state index is 11.0. The highest BCUT2D eigenvalue weighted by molar-refractivity contribution is 5.41. The molecule has 22 heavy (non-hydrogen) atoms. The number of nitro benzene ring substituents is 2. The fraction of sp³-hybridized carbons (Fsp3) is 0.200. The number of hydrogen-bond acceptors (Lipinski definition) is 5. The third-order valence-corrected chi connectivity index (χ3v) is 3.26. The first-order chi connectivity index (χ1) is 10.5. The highest BCUT2D eigenvalue weighted by atomic mass is 16.6. The summed E-state index contributed by atoms with van der Waals surface area (Å²) in [6, 6.07) is 13.0. The van der Waals surface area contributed by atoms with Crippen LogP contribution in [0.5, 0.6) is 0 Å². The first-order valence-electron chi connectivity index (χ1n) is 6.62. The van der Waals surface area contributed by atoms with Gasteiger partial charge in [0.15, 0.2) is 0 Å². The van der Waals surface area contributed by atoms with E-state index in [0.29, 0.717) is 24.2 Å². The van der Waals surface area contributed by atoms with Crippen molar-refractivity contribution in [2.45, 2.75) is 13.1 Å². The number of hydrogen-bond donors (Lipinski definition) is 0. The highest BCUT2D eigenvalue weighted by Gasteiger charge is 2.17. The summed E-state index contributed by atoms with van der Waals surface area (Å²) in [6.45, 7) is 0.673. The molecule has 7 heteroatoms. The van der Waals surface area contributed by atoms with Crippen molar-refractivity contribution in [3.63, 3.8) is 0 Å². The molecule has 0 unspecified atom stereocenters. The van der Waals surface area contributed by atoms with Crippen molar-refractivity contribution in [3.8, 4) is 0 Å². The summed E-state index contributed by atoms with van der Waals surface area (Å²) >= 11 is 0. The van der Waals surface area contributed by atoms with Gasteiger partial charge < -0.3 is 0 Å². The Labute approximate surface area is 127 Å². The van der Waals surface area contributed by atoms with Crippen molar-refractivity contribution in [1.82, 2.24) is 4.90 Å². The number of rotatable bonds is 6. The van der Waals surface area contributed by atoms with Crippen molar-refractivity contribution in [2.24, 2.45) is 0 Å². The molecule has 0 aliphatic rings. The molecule has 0 aliphatic carbocycles. The van der Waals surface area contributed by atoms with E-state index < -0.39 is 9.85 Å². The molecule has 0 saturated heterocycles. The van der Waals surface area contributed by atoms with Crippen LogP contribution in [0.4, 0.5) is 11.4 Å². The van der Waals surface area contributed by atoms with Crippen LogP contribution in [0.3, 0.4) is 0 Å². The molecule has 0 aliphatic heterocycles. The van der Waals surface area contributed by atoms with Gasteiger partial charge in [0.05, 0.1) is 9.85 Å². The van der Waals surface area contributed by atoms with Gasteiger partial charge >= 0.3 is 0 Å². The fourth-order valence-corrected chi connectivity index (χ4v) is 2.28. The lowest BCUT2D eigenvalue weighted by atomic mass is 10.1. The van der Waals surface area contributed by atoms with E-state index in [1.165, 1.54) is 12.1 Å². The molecular weight excluding hydrogens is 286 g/mol. The Morgan fingerprint density at radius 1 is 0.818 bits per heavy atom. The average Bonchev–Trinajstić information content (AvgIpc) is 2.47. The normalized spacial score (nSPS) is 10.6. The standard InChI is InChI=1S/C15H15N3O4/c1-16(10-12-6-2-4-8-14(12)17(19)20)11-13-7-3-5-9-15(13)18(21)22/h2-9H,10-11H2,1H3. The molecule has 0 fully saturated rings. The second-order valence-electron chi connectivity index (χ2n) is 4.94. The van der Waals surface area contributed by atoms with Gasteiger partial charge in [-0.1, -0.05) is 36.4 Å². The minimum atomic E-state index is -0.422. The zero-order chi connectivity index (χ0) is 16.1. The second kappa shape index (κ2) is 6.77. The van der Waals surface area contributed by atoms with Crippen LogP contribution < -0.4 is 0 Å². The Bertz CT molecular complexity index is 643. The molecule has 0 atom stereocenters. The predicted molar refractivity (Wildman–Crippen MR) is 81.4 cm³/mol. The fourth-order valence-electron chi connectivity index (χ4n) is 2.28. The molecule has 0 heterocycles. The van der Waals surface area contributed by atoms with Gasteiger partial charge in [0.1, 0.15) is 0 Å². The number of benzene rings is 2. The molecule has 0 aromatic heterocycles. The molecule has 0 N–H and O–H groups in total. The van der Waals surface area contributed by atoms with Gasteiger partial charge in [-0.05, 0) is 7.05 Å². The van der Waals surface area contributed by atoms with Gasteiger partial charge in [-0.2, -0.15) is 0 Å². The maximum atomic E-state index is 11.0. The Morgan fingerprint density at radius 3 is 1.55 bits per heavy atom. The van der Waals surface area contributed by atoms with Crippen LogP contribution >= 0.6 is 0 Å². The van der Waals surface area contributed by atoms with Crippen LogP contribution in [-0.2, 0) is 13.1 Å². The SMILES string of the molecule is CN(Cc1ccccc1[N+](=O)[O-])Cc1ccccc1[N+](=O)[O-]. The van der Waals surface area contributed by atoms with E-state index in [4.69, 9.17) is 0 Å². The third kappa shape index (κ3) is 3.64. The number of para-hydroxylation sites is 2. The van der Waals surface area contributed by atoms with Crippen LogP contribution in [-0.4, -0.2) is 21.8 Å². The molecule has 7 nitrogen and oxygen atoms in total. The molecule has 114 valence electrons. The molecule has 2 rings (SSSR count). The van der Waals surface area contributed by atoms with Crippen LogP contribution in [0.25, 0.3) is 0 Å². The van der Waals surface area contributed by atoms with E-state index in [1.807, 2.05) is 4.90 Å². The van der Waals surface area contributed by atoms with Crippen LogP contribution in [0.15, 0.2) is 48.5 Å². The summed E-state index contributed by atoms with van der Waals surface area (Å²) in [6.07, 6.45) is 0. The first-order valence-corrected chi connectivity index (χ1v) is 6.62. The van der Waals surface area contributed by atoms with Crippen molar-refractivity contribution in [2.75, 3.05) is 7.05 Å². The van der Waals surface area contributed by atoms with Gasteiger partial charge in [-0.25, -0.2) is 0 Å². The maximum Gasteiger partial charge on any atom is 0.273 e. The highest BCUT2D eigenvalue weighted by Crippen LogP contribution is 2.22. The predicted octanol–water partition coefficient (Wildman–Crippen LogP) is 3.14. The topological polar surface area (TPSA) is 89.5 Å². The summed E-state index contributed by atoms with van der Waals surface area (Å²) in [5, 5.41) is 22.0. The third-order valence-electron chi connectivity index (χ3n) is 3.26. The molecule has 0 radical (unpaired) electrons. The summed E-state index contributed by atoms with van der Waals surface area (Å²) in [5.41, 5.74) is 1.26. The smallest absolute Gasteiger partial charge is 0.273 e. The lowest BCUT2D eigenvalue weighted by Crippen LogP contribution is -2.18. The van der Waals surface area contributed by atoms with Crippen LogP contribution in [0, 0.1) is 20.2 Å². The van der Waals surface area contributed by atoms with Gasteiger partial charge in [0.25, 0.3) is 11.4 Å². The van der Waals surface area contributed by atoms with Crippen LogP contribution in [0.1, 0.15) is 11.1 Å². The van der Waals surface area contributed by atoms with Gasteiger partial charge in [-0.3, -0.25) is 25.1 Å². The zero-order valence-electron chi connectivity index (χ0n) is 12.0. The first kappa shape index (κ1) is 15.6. The number of nitrogens with zero attached hydrogens (tertiary/aromatic N) is 3. The summed E-state index contributed by atoms with van der Waals surface area (Å²) in [4.78, 5) is 23.0. The Kier molecular flexibility index (Phi) is 4.80. The van der Waals surface area contributed by atoms with Gasteiger partial charge in [-0.15, -0.1) is 0 Å². The van der Waals surface area contributed by atoms with Crippen LogP contribution in [0.2, 0.25) is 0 Å². The van der Waals surface area contributed by atoms with Gasteiger partial charge in [0, 0.05) is 36.3 Å². The zero-order valence-corrected chi connectivity index (χ0v) is 12.0. The molecule has 0 saturated carbocycles. The van der Waals surface area contributed by atoms with Gasteiger partial charge in [0.2, 0.25) is 0 Å². The summed E-state index contributed by atoms with van der Waals surface area (Å²) in [5.74, 6) is 0. The molecule has 0 bridgehead atoms.